The molecule has 1 fully saturated rings. The van der Waals surface area contributed by atoms with E-state index in [2.05, 4.69) is 28.3 Å². The first-order chi connectivity index (χ1) is 11.9. The Balaban J connectivity index is 1.64. The van der Waals surface area contributed by atoms with E-state index >= 15 is 0 Å². The molecule has 0 radical (unpaired) electrons. The van der Waals surface area contributed by atoms with Crippen LogP contribution >= 0.6 is 0 Å². The third kappa shape index (κ3) is 3.29. The quantitative estimate of drug-likeness (QED) is 0.809. The van der Waals surface area contributed by atoms with Crippen molar-refractivity contribution in [1.29, 1.82) is 0 Å². The Bertz CT molecular complexity index is 739. The van der Waals surface area contributed by atoms with Gasteiger partial charge in [-0.25, -0.2) is 0 Å². The fourth-order valence-electron chi connectivity index (χ4n) is 3.92. The van der Waals surface area contributed by atoms with Crippen LogP contribution < -0.4 is 5.32 Å². The zero-order valence-corrected chi connectivity index (χ0v) is 15.1. The molecule has 5 nitrogen and oxygen atoms in total. The lowest BCUT2D eigenvalue weighted by molar-refractivity contribution is -0.127. The topological polar surface area (TPSA) is 62.3 Å². The van der Waals surface area contributed by atoms with E-state index in [0.717, 1.165) is 30.7 Å². The normalized spacial score (nSPS) is 25.5. The molecular weight excluding hydrogens is 314 g/mol. The molecule has 0 aromatic carbocycles. The summed E-state index contributed by atoms with van der Waals surface area (Å²) in [5.41, 5.74) is 2.55. The van der Waals surface area contributed by atoms with Gasteiger partial charge in [0.1, 0.15) is 0 Å². The van der Waals surface area contributed by atoms with Crippen molar-refractivity contribution in [3.8, 4) is 0 Å². The van der Waals surface area contributed by atoms with Gasteiger partial charge in [-0.2, -0.15) is 0 Å². The first-order valence-electron chi connectivity index (χ1n) is 8.73. The molecular formula is C20H25N3O2. The molecule has 1 N–H and O–H groups in total. The van der Waals surface area contributed by atoms with Crippen molar-refractivity contribution in [2.45, 2.75) is 33.2 Å². The number of hydrogen-bond donors (Lipinski definition) is 1. The summed E-state index contributed by atoms with van der Waals surface area (Å²) in [7, 11) is 2.06. The van der Waals surface area contributed by atoms with Gasteiger partial charge in [-0.1, -0.05) is 29.4 Å². The smallest absolute Gasteiger partial charge is 0.237 e. The van der Waals surface area contributed by atoms with Gasteiger partial charge in [-0.05, 0) is 51.9 Å². The first kappa shape index (κ1) is 17.5. The van der Waals surface area contributed by atoms with Crippen molar-refractivity contribution in [2.24, 2.45) is 11.3 Å². The SMILES string of the molecule is CC1=C(C)C2C(=O)NC(=O)C2(CCCN(C)Cc2cccnc2)C=C1. The van der Waals surface area contributed by atoms with E-state index in [1.807, 2.05) is 38.3 Å². The van der Waals surface area contributed by atoms with Crippen molar-refractivity contribution < 1.29 is 9.59 Å². The molecule has 1 aromatic heterocycles. The molecule has 0 saturated carbocycles. The molecule has 5 heteroatoms. The number of rotatable bonds is 6. The maximum absolute atomic E-state index is 12.5. The molecule has 2 amide bonds. The minimum absolute atomic E-state index is 0.152. The van der Waals surface area contributed by atoms with Crippen LogP contribution in [0.5, 0.6) is 0 Å². The number of amides is 2. The number of pyridine rings is 1. The van der Waals surface area contributed by atoms with E-state index < -0.39 is 5.41 Å². The van der Waals surface area contributed by atoms with Crippen LogP contribution in [-0.4, -0.2) is 35.3 Å². The summed E-state index contributed by atoms with van der Waals surface area (Å²) < 4.78 is 0. The van der Waals surface area contributed by atoms with Gasteiger partial charge in [-0.15, -0.1) is 0 Å². The first-order valence-corrected chi connectivity index (χ1v) is 8.73. The van der Waals surface area contributed by atoms with Crippen LogP contribution in [0.4, 0.5) is 0 Å². The van der Waals surface area contributed by atoms with Gasteiger partial charge in [-0.3, -0.25) is 19.9 Å². The second-order valence-electron chi connectivity index (χ2n) is 7.19. The molecule has 2 atom stereocenters. The minimum Gasteiger partial charge on any atom is -0.302 e. The summed E-state index contributed by atoms with van der Waals surface area (Å²) in [6.45, 7) is 5.64. The predicted octanol–water partition coefficient (Wildman–Crippen LogP) is 2.46. The Kier molecular flexibility index (Phi) is 4.86. The number of fused-ring (bicyclic) bond motifs is 1. The average molecular weight is 339 g/mol. The summed E-state index contributed by atoms with van der Waals surface area (Å²) in [4.78, 5) is 31.2. The molecule has 3 rings (SSSR count). The third-order valence-corrected chi connectivity index (χ3v) is 5.43. The molecule has 2 unspecified atom stereocenters. The summed E-state index contributed by atoms with van der Waals surface area (Å²) in [5.74, 6) is -0.663. The van der Waals surface area contributed by atoms with Gasteiger partial charge >= 0.3 is 0 Å². The largest absolute Gasteiger partial charge is 0.302 e. The number of carbonyl (C=O) groups is 2. The van der Waals surface area contributed by atoms with Gasteiger partial charge in [0.2, 0.25) is 11.8 Å². The van der Waals surface area contributed by atoms with Gasteiger partial charge in [0.25, 0.3) is 0 Å². The molecule has 2 heterocycles. The number of allylic oxidation sites excluding steroid dienone is 2. The van der Waals surface area contributed by atoms with Gasteiger partial charge < -0.3 is 4.90 Å². The summed E-state index contributed by atoms with van der Waals surface area (Å²) >= 11 is 0. The van der Waals surface area contributed by atoms with E-state index in [1.54, 1.807) is 6.20 Å². The van der Waals surface area contributed by atoms with Crippen LogP contribution in [0.25, 0.3) is 0 Å². The van der Waals surface area contributed by atoms with Crippen molar-refractivity contribution in [2.75, 3.05) is 13.6 Å². The molecule has 1 aliphatic heterocycles. The summed E-state index contributed by atoms with van der Waals surface area (Å²) in [5, 5.41) is 2.54. The van der Waals surface area contributed by atoms with E-state index in [4.69, 9.17) is 0 Å². The zero-order valence-electron chi connectivity index (χ0n) is 15.1. The van der Waals surface area contributed by atoms with Crippen molar-refractivity contribution in [3.05, 3.63) is 53.4 Å². The van der Waals surface area contributed by atoms with Crippen molar-refractivity contribution >= 4 is 11.8 Å². The van der Waals surface area contributed by atoms with Crippen LogP contribution in [0.1, 0.15) is 32.3 Å². The lowest BCUT2D eigenvalue weighted by Crippen LogP contribution is -2.36. The number of imide groups is 1. The highest BCUT2D eigenvalue weighted by atomic mass is 16.2. The number of nitrogens with zero attached hydrogens (tertiary/aromatic N) is 2. The Hall–Kier alpha value is -2.27. The van der Waals surface area contributed by atoms with Crippen molar-refractivity contribution in [3.63, 3.8) is 0 Å². The highest BCUT2D eigenvalue weighted by Crippen LogP contribution is 2.46. The van der Waals surface area contributed by atoms with E-state index in [9.17, 15) is 9.59 Å². The molecule has 0 spiro atoms. The van der Waals surface area contributed by atoms with E-state index in [1.165, 1.54) is 5.56 Å². The highest BCUT2D eigenvalue weighted by Gasteiger charge is 2.54. The summed E-state index contributed by atoms with van der Waals surface area (Å²) in [6.07, 6.45) is 9.10. The second-order valence-corrected chi connectivity index (χ2v) is 7.19. The third-order valence-electron chi connectivity index (χ3n) is 5.43. The zero-order chi connectivity index (χ0) is 18.0. The molecule has 1 saturated heterocycles. The van der Waals surface area contributed by atoms with E-state index in [-0.39, 0.29) is 17.7 Å². The van der Waals surface area contributed by atoms with E-state index in [0.29, 0.717) is 6.42 Å². The van der Waals surface area contributed by atoms with Gasteiger partial charge in [0.05, 0.1) is 11.3 Å². The molecule has 132 valence electrons. The maximum Gasteiger partial charge on any atom is 0.237 e. The fourth-order valence-corrected chi connectivity index (χ4v) is 3.92. The molecule has 1 aliphatic carbocycles. The van der Waals surface area contributed by atoms with Crippen LogP contribution in [0.2, 0.25) is 0 Å². The second kappa shape index (κ2) is 6.92. The number of hydrogen-bond acceptors (Lipinski definition) is 4. The molecule has 2 aliphatic rings. The average Bonchev–Trinajstić information content (AvgIpc) is 2.83. The minimum atomic E-state index is -0.712. The number of nitrogens with one attached hydrogen (secondary N) is 1. The lowest BCUT2D eigenvalue weighted by Gasteiger charge is -2.33. The Morgan fingerprint density at radius 3 is 2.84 bits per heavy atom. The Morgan fingerprint density at radius 1 is 1.32 bits per heavy atom. The Labute approximate surface area is 148 Å². The number of aromatic nitrogens is 1. The maximum atomic E-state index is 12.5. The van der Waals surface area contributed by atoms with Crippen LogP contribution in [0, 0.1) is 11.3 Å². The monoisotopic (exact) mass is 339 g/mol. The predicted molar refractivity (Wildman–Crippen MR) is 96.4 cm³/mol. The molecule has 0 bridgehead atoms. The standard InChI is InChI=1S/C20H25N3O2/c1-14-7-9-20(17(15(14)2)18(24)22-19(20)25)8-5-11-23(3)13-16-6-4-10-21-12-16/h4,6-7,9-10,12,17H,5,8,11,13H2,1-3H3,(H,22,24,25). The van der Waals surface area contributed by atoms with Crippen molar-refractivity contribution in [1.82, 2.24) is 15.2 Å². The molecule has 1 aromatic rings. The Morgan fingerprint density at radius 2 is 2.12 bits per heavy atom. The van der Waals surface area contributed by atoms with Gasteiger partial charge in [0, 0.05) is 18.9 Å². The lowest BCUT2D eigenvalue weighted by atomic mass is 9.67. The van der Waals surface area contributed by atoms with Crippen LogP contribution in [0.3, 0.4) is 0 Å². The van der Waals surface area contributed by atoms with Crippen LogP contribution in [-0.2, 0) is 16.1 Å². The van der Waals surface area contributed by atoms with Crippen LogP contribution in [0.15, 0.2) is 47.8 Å². The van der Waals surface area contributed by atoms with Gasteiger partial charge in [0.15, 0.2) is 0 Å². The molecule has 25 heavy (non-hydrogen) atoms. The summed E-state index contributed by atoms with van der Waals surface area (Å²) in [6, 6.07) is 3.99. The highest BCUT2D eigenvalue weighted by molar-refractivity contribution is 6.10. The number of carbonyl (C=O) groups excluding carboxylic acids is 2. The fraction of sp³-hybridized carbons (Fsp3) is 0.450.